The summed E-state index contributed by atoms with van der Waals surface area (Å²) in [6.45, 7) is 11.5. The molecule has 2 nitrogen and oxygen atoms in total. The van der Waals surface area contributed by atoms with E-state index in [0.717, 1.165) is 0 Å². The molecule has 0 radical (unpaired) electrons. The summed E-state index contributed by atoms with van der Waals surface area (Å²) < 4.78 is 37.8. The molecule has 1 rings (SSSR count). The first-order valence-corrected chi connectivity index (χ1v) is 7.33. The lowest BCUT2D eigenvalue weighted by Crippen LogP contribution is -2.23. The number of benzene rings is 1. The van der Waals surface area contributed by atoms with Crippen LogP contribution in [0.4, 0.5) is 13.2 Å². The highest BCUT2D eigenvalue weighted by Crippen LogP contribution is 2.41. The molecule has 0 fully saturated rings. The molecule has 0 aromatic heterocycles. The zero-order valence-electron chi connectivity index (χ0n) is 14.1. The van der Waals surface area contributed by atoms with Crippen LogP contribution in [0.3, 0.4) is 0 Å². The van der Waals surface area contributed by atoms with Crippen LogP contribution in [0.2, 0.25) is 0 Å². The molecule has 3 N–H and O–H groups in total. The fourth-order valence-corrected chi connectivity index (χ4v) is 2.38. The lowest BCUT2D eigenvalue weighted by atomic mass is 9.77. The van der Waals surface area contributed by atoms with Gasteiger partial charge in [-0.05, 0) is 39.7 Å². The summed E-state index contributed by atoms with van der Waals surface area (Å²) in [5.74, 6) is 0.142. The second kappa shape index (κ2) is 5.76. The molecular formula is C17H26F3NO. The minimum absolute atomic E-state index is 0.142. The number of alkyl halides is 3. The standard InChI is InChI=1S/C17H26F3NO/c1-15(2,3)11-7-10(13(21)9-17(18,19)20)8-12(14(11)22)16(4,5)6/h7-8,13,22H,9,21H2,1-6H3/t13-/m0/s1. The molecule has 126 valence electrons. The van der Waals surface area contributed by atoms with E-state index in [4.69, 9.17) is 5.73 Å². The first kappa shape index (κ1) is 18.8. The van der Waals surface area contributed by atoms with Crippen molar-refractivity contribution in [2.45, 2.75) is 71.0 Å². The highest BCUT2D eigenvalue weighted by molar-refractivity contribution is 5.50. The van der Waals surface area contributed by atoms with Crippen molar-refractivity contribution in [3.05, 3.63) is 28.8 Å². The minimum Gasteiger partial charge on any atom is -0.507 e. The first-order valence-electron chi connectivity index (χ1n) is 7.33. The van der Waals surface area contributed by atoms with E-state index < -0.39 is 29.5 Å². The summed E-state index contributed by atoms with van der Waals surface area (Å²) in [6, 6.07) is 2.06. The molecule has 22 heavy (non-hydrogen) atoms. The van der Waals surface area contributed by atoms with Crippen molar-refractivity contribution in [3.8, 4) is 5.75 Å². The van der Waals surface area contributed by atoms with Gasteiger partial charge in [-0.2, -0.15) is 13.2 Å². The normalized spacial score (nSPS) is 15.0. The third-order valence-corrected chi connectivity index (χ3v) is 3.63. The van der Waals surface area contributed by atoms with E-state index in [1.165, 1.54) is 0 Å². The Labute approximate surface area is 130 Å². The van der Waals surface area contributed by atoms with Gasteiger partial charge in [0.25, 0.3) is 0 Å². The summed E-state index contributed by atoms with van der Waals surface area (Å²) in [5.41, 5.74) is 6.62. The molecule has 0 spiro atoms. The molecule has 0 amide bonds. The van der Waals surface area contributed by atoms with Crippen molar-refractivity contribution in [2.75, 3.05) is 0 Å². The Hall–Kier alpha value is -1.23. The molecule has 0 bridgehead atoms. The summed E-state index contributed by atoms with van der Waals surface area (Å²) in [4.78, 5) is 0. The molecule has 0 aliphatic heterocycles. The van der Waals surface area contributed by atoms with Gasteiger partial charge in [-0.15, -0.1) is 0 Å². The van der Waals surface area contributed by atoms with Crippen LogP contribution in [0.5, 0.6) is 5.75 Å². The number of hydrogen-bond donors (Lipinski definition) is 2. The summed E-state index contributed by atoms with van der Waals surface area (Å²) in [6.07, 6.45) is -5.40. The van der Waals surface area contributed by atoms with E-state index in [2.05, 4.69) is 0 Å². The maximum atomic E-state index is 12.6. The van der Waals surface area contributed by atoms with E-state index in [9.17, 15) is 18.3 Å². The van der Waals surface area contributed by atoms with Gasteiger partial charge in [0.05, 0.1) is 6.42 Å². The van der Waals surface area contributed by atoms with Gasteiger partial charge < -0.3 is 10.8 Å². The average molecular weight is 317 g/mol. The lowest BCUT2D eigenvalue weighted by Gasteiger charge is -2.29. The van der Waals surface area contributed by atoms with Gasteiger partial charge in [0.1, 0.15) is 5.75 Å². The van der Waals surface area contributed by atoms with Gasteiger partial charge in [-0.25, -0.2) is 0 Å². The van der Waals surface area contributed by atoms with Gasteiger partial charge in [0.15, 0.2) is 0 Å². The fourth-order valence-electron chi connectivity index (χ4n) is 2.38. The molecule has 0 saturated carbocycles. The second-order valence-corrected chi connectivity index (χ2v) is 7.89. The quantitative estimate of drug-likeness (QED) is 0.811. The van der Waals surface area contributed by atoms with Gasteiger partial charge in [0, 0.05) is 6.04 Å². The number of nitrogens with two attached hydrogens (primary N) is 1. The van der Waals surface area contributed by atoms with E-state index in [1.54, 1.807) is 12.1 Å². The Balaban J connectivity index is 3.48. The molecule has 1 aromatic rings. The number of rotatable bonds is 2. The van der Waals surface area contributed by atoms with Crippen molar-refractivity contribution in [1.29, 1.82) is 0 Å². The van der Waals surface area contributed by atoms with Gasteiger partial charge in [-0.3, -0.25) is 0 Å². The van der Waals surface area contributed by atoms with E-state index in [-0.39, 0.29) is 5.75 Å². The van der Waals surface area contributed by atoms with Crippen LogP contribution in [0.25, 0.3) is 0 Å². The average Bonchev–Trinajstić information content (AvgIpc) is 2.23. The number of phenolic OH excluding ortho intramolecular Hbond substituents is 1. The zero-order chi connectivity index (χ0) is 17.5. The molecule has 1 atom stereocenters. The number of aromatic hydroxyl groups is 1. The Bertz CT molecular complexity index is 501. The number of hydrogen-bond acceptors (Lipinski definition) is 2. The molecule has 0 aliphatic rings. The van der Waals surface area contributed by atoms with Gasteiger partial charge >= 0.3 is 6.18 Å². The Morgan fingerprint density at radius 2 is 1.32 bits per heavy atom. The monoisotopic (exact) mass is 317 g/mol. The van der Waals surface area contributed by atoms with E-state index in [1.807, 2.05) is 41.5 Å². The fraction of sp³-hybridized carbons (Fsp3) is 0.647. The van der Waals surface area contributed by atoms with Gasteiger partial charge in [-0.1, -0.05) is 41.5 Å². The van der Waals surface area contributed by atoms with Crippen LogP contribution in [0.1, 0.15) is 70.7 Å². The summed E-state index contributed by atoms with van der Waals surface area (Å²) >= 11 is 0. The molecule has 1 aromatic carbocycles. The molecular weight excluding hydrogens is 291 g/mol. The first-order chi connectivity index (χ1) is 9.63. The second-order valence-electron chi connectivity index (χ2n) is 7.89. The van der Waals surface area contributed by atoms with Crippen LogP contribution in [0, 0.1) is 0 Å². The molecule has 5 heteroatoms. The van der Waals surface area contributed by atoms with Crippen molar-refractivity contribution >= 4 is 0 Å². The highest BCUT2D eigenvalue weighted by Gasteiger charge is 2.33. The van der Waals surface area contributed by atoms with E-state index >= 15 is 0 Å². The maximum Gasteiger partial charge on any atom is 0.390 e. The van der Waals surface area contributed by atoms with Crippen molar-refractivity contribution < 1.29 is 18.3 Å². The third kappa shape index (κ3) is 4.63. The summed E-state index contributed by atoms with van der Waals surface area (Å²) in [7, 11) is 0. The van der Waals surface area contributed by atoms with Crippen LogP contribution >= 0.6 is 0 Å². The Morgan fingerprint density at radius 3 is 1.59 bits per heavy atom. The molecule has 0 heterocycles. The highest BCUT2D eigenvalue weighted by atomic mass is 19.4. The van der Waals surface area contributed by atoms with Crippen LogP contribution in [-0.4, -0.2) is 11.3 Å². The Morgan fingerprint density at radius 1 is 0.955 bits per heavy atom. The smallest absolute Gasteiger partial charge is 0.390 e. The van der Waals surface area contributed by atoms with Gasteiger partial charge in [0.2, 0.25) is 0 Å². The maximum absolute atomic E-state index is 12.6. The molecule has 0 unspecified atom stereocenters. The van der Waals surface area contributed by atoms with Crippen LogP contribution in [0.15, 0.2) is 12.1 Å². The third-order valence-electron chi connectivity index (χ3n) is 3.63. The largest absolute Gasteiger partial charge is 0.507 e. The van der Waals surface area contributed by atoms with Crippen molar-refractivity contribution in [2.24, 2.45) is 5.73 Å². The van der Waals surface area contributed by atoms with Crippen molar-refractivity contribution in [3.63, 3.8) is 0 Å². The van der Waals surface area contributed by atoms with Crippen LogP contribution < -0.4 is 5.73 Å². The predicted molar refractivity (Wildman–Crippen MR) is 83.1 cm³/mol. The topological polar surface area (TPSA) is 46.2 Å². The predicted octanol–water partition coefficient (Wildman–Crippen LogP) is 4.94. The Kier molecular flexibility index (Phi) is 4.93. The SMILES string of the molecule is CC(C)(C)c1cc([C@@H](N)CC(F)(F)F)cc(C(C)(C)C)c1O. The lowest BCUT2D eigenvalue weighted by molar-refractivity contribution is -0.138. The van der Waals surface area contributed by atoms with Crippen molar-refractivity contribution in [1.82, 2.24) is 0 Å². The summed E-state index contributed by atoms with van der Waals surface area (Å²) in [5, 5.41) is 10.5. The number of phenols is 1. The molecule has 0 saturated heterocycles. The zero-order valence-corrected chi connectivity index (χ0v) is 14.1. The number of halogens is 3. The van der Waals surface area contributed by atoms with Crippen LogP contribution in [-0.2, 0) is 10.8 Å². The minimum atomic E-state index is -4.32. The van der Waals surface area contributed by atoms with E-state index in [0.29, 0.717) is 16.7 Å². The molecule has 0 aliphatic carbocycles.